The van der Waals surface area contributed by atoms with Crippen LogP contribution in [0, 0.1) is 0 Å². The van der Waals surface area contributed by atoms with Gasteiger partial charge in [-0.3, -0.25) is 14.9 Å². The van der Waals surface area contributed by atoms with E-state index in [-0.39, 0.29) is 17.9 Å². The van der Waals surface area contributed by atoms with Crippen molar-refractivity contribution in [3.63, 3.8) is 0 Å². The zero-order chi connectivity index (χ0) is 13.1. The summed E-state index contributed by atoms with van der Waals surface area (Å²) < 4.78 is 1.84. The fourth-order valence-electron chi connectivity index (χ4n) is 2.01. The highest BCUT2D eigenvalue weighted by Crippen LogP contribution is 2.20. The number of amides is 2. The Balaban J connectivity index is 2.11. The van der Waals surface area contributed by atoms with Gasteiger partial charge in [-0.2, -0.15) is 0 Å². The Bertz CT molecular complexity index is 453. The van der Waals surface area contributed by atoms with Crippen molar-refractivity contribution >= 4 is 11.8 Å². The zero-order valence-corrected chi connectivity index (χ0v) is 10.6. The minimum atomic E-state index is -0.325. The number of hydrogen-bond acceptors (Lipinski definition) is 4. The Hall–Kier alpha value is -1.69. The van der Waals surface area contributed by atoms with Crippen LogP contribution in [0.4, 0.5) is 0 Å². The Morgan fingerprint density at radius 1 is 1.56 bits per heavy atom. The van der Waals surface area contributed by atoms with Gasteiger partial charge in [-0.15, -0.1) is 0 Å². The van der Waals surface area contributed by atoms with E-state index in [0.29, 0.717) is 25.4 Å². The summed E-state index contributed by atoms with van der Waals surface area (Å²) in [4.78, 5) is 27.0. The molecule has 1 fully saturated rings. The summed E-state index contributed by atoms with van der Waals surface area (Å²) in [5, 5.41) is 5.65. The van der Waals surface area contributed by atoms with Crippen molar-refractivity contribution in [3.8, 4) is 0 Å². The molecule has 1 atom stereocenters. The number of imidazole rings is 1. The largest absolute Gasteiger partial charge is 0.321 e. The third-order valence-corrected chi connectivity index (χ3v) is 2.98. The van der Waals surface area contributed by atoms with Crippen LogP contribution in [0.15, 0.2) is 12.5 Å². The lowest BCUT2D eigenvalue weighted by molar-refractivity contribution is -0.135. The van der Waals surface area contributed by atoms with Crippen molar-refractivity contribution in [2.24, 2.45) is 0 Å². The number of carbonyl (C=O) groups is 2. The summed E-state index contributed by atoms with van der Waals surface area (Å²) in [6.45, 7) is 4.79. The lowest BCUT2D eigenvalue weighted by Crippen LogP contribution is -2.42. The molecule has 1 aromatic heterocycles. The Morgan fingerprint density at radius 2 is 2.33 bits per heavy atom. The fraction of sp³-hybridized carbons (Fsp3) is 0.583. The van der Waals surface area contributed by atoms with Crippen molar-refractivity contribution in [2.45, 2.75) is 45.3 Å². The number of aromatic nitrogens is 2. The molecule has 0 bridgehead atoms. The third kappa shape index (κ3) is 2.76. The molecular weight excluding hydrogens is 232 g/mol. The van der Waals surface area contributed by atoms with E-state index in [0.717, 1.165) is 5.69 Å². The summed E-state index contributed by atoms with van der Waals surface area (Å²) in [5.74, 6) is -0.437. The molecule has 6 heteroatoms. The van der Waals surface area contributed by atoms with Gasteiger partial charge in [0.2, 0.25) is 11.8 Å². The van der Waals surface area contributed by atoms with Gasteiger partial charge in [0.05, 0.1) is 12.0 Å². The monoisotopic (exact) mass is 250 g/mol. The Labute approximate surface area is 106 Å². The topological polar surface area (TPSA) is 76.0 Å². The van der Waals surface area contributed by atoms with E-state index in [1.54, 1.807) is 12.5 Å². The van der Waals surface area contributed by atoms with Crippen LogP contribution in [-0.4, -0.2) is 27.4 Å². The van der Waals surface area contributed by atoms with Gasteiger partial charge in [0.25, 0.3) is 0 Å². The number of rotatable bonds is 4. The van der Waals surface area contributed by atoms with E-state index in [4.69, 9.17) is 0 Å². The first-order chi connectivity index (χ1) is 8.58. The smallest absolute Gasteiger partial charge is 0.249 e. The first-order valence-electron chi connectivity index (χ1n) is 6.15. The van der Waals surface area contributed by atoms with Crippen molar-refractivity contribution in [1.29, 1.82) is 0 Å². The molecule has 2 rings (SSSR count). The van der Waals surface area contributed by atoms with Gasteiger partial charge in [0, 0.05) is 25.2 Å². The molecular formula is C12H18N4O2. The summed E-state index contributed by atoms with van der Waals surface area (Å²) in [5.41, 5.74) is 0.957. The molecule has 2 amide bonds. The second kappa shape index (κ2) is 5.30. The first-order valence-corrected chi connectivity index (χ1v) is 6.15. The van der Waals surface area contributed by atoms with E-state index in [1.165, 1.54) is 0 Å². The van der Waals surface area contributed by atoms with Crippen LogP contribution < -0.4 is 10.6 Å². The summed E-state index contributed by atoms with van der Waals surface area (Å²) >= 11 is 0. The van der Waals surface area contributed by atoms with Crippen molar-refractivity contribution in [2.75, 3.05) is 0 Å². The van der Waals surface area contributed by atoms with Crippen LogP contribution in [0.3, 0.4) is 0 Å². The Kier molecular flexibility index (Phi) is 3.76. The van der Waals surface area contributed by atoms with Gasteiger partial charge in [0.1, 0.15) is 6.04 Å². The van der Waals surface area contributed by atoms with Crippen molar-refractivity contribution in [1.82, 2.24) is 20.2 Å². The molecule has 98 valence electrons. The molecule has 18 heavy (non-hydrogen) atoms. The number of carbonyl (C=O) groups excluding carboxylic acids is 2. The molecule has 2 N–H and O–H groups in total. The van der Waals surface area contributed by atoms with Crippen LogP contribution in [0.1, 0.15) is 38.4 Å². The van der Waals surface area contributed by atoms with E-state index >= 15 is 0 Å². The van der Waals surface area contributed by atoms with Gasteiger partial charge >= 0.3 is 0 Å². The predicted molar refractivity (Wildman–Crippen MR) is 65.6 cm³/mol. The van der Waals surface area contributed by atoms with Crippen molar-refractivity contribution < 1.29 is 9.59 Å². The van der Waals surface area contributed by atoms with E-state index < -0.39 is 0 Å². The number of imide groups is 1. The minimum Gasteiger partial charge on any atom is -0.321 e. The first kappa shape index (κ1) is 12.8. The van der Waals surface area contributed by atoms with E-state index in [9.17, 15) is 9.59 Å². The standard InChI is InChI=1S/C12H18N4O2/c1-8(2)14-6-9-5-13-7-16(9)10-3-4-11(17)15-12(10)18/h5,7-8,10,14H,3-4,6H2,1-2H3,(H,15,17,18). The molecule has 1 aromatic rings. The Morgan fingerprint density at radius 3 is 3.00 bits per heavy atom. The molecule has 0 aliphatic carbocycles. The maximum absolute atomic E-state index is 11.8. The molecule has 1 aliphatic rings. The van der Waals surface area contributed by atoms with Gasteiger partial charge in [-0.1, -0.05) is 13.8 Å². The maximum atomic E-state index is 11.8. The second-order valence-corrected chi connectivity index (χ2v) is 4.79. The highest BCUT2D eigenvalue weighted by atomic mass is 16.2. The average Bonchev–Trinajstić information content (AvgIpc) is 2.74. The summed E-state index contributed by atoms with van der Waals surface area (Å²) in [7, 11) is 0. The summed E-state index contributed by atoms with van der Waals surface area (Å²) in [6, 6.07) is 0.0456. The van der Waals surface area contributed by atoms with Crippen LogP contribution >= 0.6 is 0 Å². The van der Waals surface area contributed by atoms with Crippen molar-refractivity contribution in [3.05, 3.63) is 18.2 Å². The molecule has 0 saturated carbocycles. The molecule has 2 heterocycles. The minimum absolute atomic E-state index is 0.196. The SMILES string of the molecule is CC(C)NCc1cncn1C1CCC(=O)NC1=O. The van der Waals surface area contributed by atoms with E-state index in [1.807, 2.05) is 4.57 Å². The van der Waals surface area contributed by atoms with Crippen LogP contribution in [0.5, 0.6) is 0 Å². The number of hydrogen-bond donors (Lipinski definition) is 2. The molecule has 1 aliphatic heterocycles. The van der Waals surface area contributed by atoms with Crippen LogP contribution in [0.2, 0.25) is 0 Å². The maximum Gasteiger partial charge on any atom is 0.249 e. The summed E-state index contributed by atoms with van der Waals surface area (Å²) in [6.07, 6.45) is 4.32. The van der Waals surface area contributed by atoms with Gasteiger partial charge < -0.3 is 9.88 Å². The number of nitrogens with one attached hydrogen (secondary N) is 2. The molecule has 0 radical (unpaired) electrons. The molecule has 0 aromatic carbocycles. The molecule has 0 spiro atoms. The number of nitrogens with zero attached hydrogens (tertiary/aromatic N) is 2. The normalized spacial score (nSPS) is 20.3. The highest BCUT2D eigenvalue weighted by Gasteiger charge is 2.28. The lowest BCUT2D eigenvalue weighted by Gasteiger charge is -2.24. The quantitative estimate of drug-likeness (QED) is 0.756. The third-order valence-electron chi connectivity index (χ3n) is 2.98. The average molecular weight is 250 g/mol. The second-order valence-electron chi connectivity index (χ2n) is 4.79. The number of piperidine rings is 1. The van der Waals surface area contributed by atoms with Crippen LogP contribution in [-0.2, 0) is 16.1 Å². The lowest BCUT2D eigenvalue weighted by atomic mass is 10.1. The molecule has 6 nitrogen and oxygen atoms in total. The van der Waals surface area contributed by atoms with Gasteiger partial charge in [0.15, 0.2) is 0 Å². The van der Waals surface area contributed by atoms with Crippen LogP contribution in [0.25, 0.3) is 0 Å². The van der Waals surface area contributed by atoms with Gasteiger partial charge in [-0.05, 0) is 6.42 Å². The fourth-order valence-corrected chi connectivity index (χ4v) is 2.01. The molecule has 1 saturated heterocycles. The zero-order valence-electron chi connectivity index (χ0n) is 10.6. The van der Waals surface area contributed by atoms with Gasteiger partial charge in [-0.25, -0.2) is 4.98 Å². The molecule has 1 unspecified atom stereocenters. The predicted octanol–water partition coefficient (Wildman–Crippen LogP) is 0.359. The van der Waals surface area contributed by atoms with E-state index in [2.05, 4.69) is 29.5 Å². The highest BCUT2D eigenvalue weighted by molar-refractivity contribution is 5.99.